The van der Waals surface area contributed by atoms with Crippen molar-refractivity contribution < 1.29 is 4.39 Å². The Morgan fingerprint density at radius 1 is 0.951 bits per heavy atom. The number of benzene rings is 2. The van der Waals surface area contributed by atoms with Gasteiger partial charge >= 0.3 is 0 Å². The second-order valence-corrected chi connectivity index (χ2v) is 9.66. The van der Waals surface area contributed by atoms with E-state index in [1.54, 1.807) is 36.8 Å². The molecule has 0 aliphatic heterocycles. The summed E-state index contributed by atoms with van der Waals surface area (Å²) in [5.41, 5.74) is 8.15. The Hall–Kier alpha value is -5.28. The molecule has 0 saturated heterocycles. The zero-order chi connectivity index (χ0) is 28.2. The van der Waals surface area contributed by atoms with Crippen LogP contribution in [0.15, 0.2) is 102 Å². The first-order valence-corrected chi connectivity index (χ1v) is 13.1. The van der Waals surface area contributed by atoms with Gasteiger partial charge in [0.2, 0.25) is 0 Å². The number of aromatic nitrogens is 6. The van der Waals surface area contributed by atoms with Gasteiger partial charge < -0.3 is 10.3 Å². The summed E-state index contributed by atoms with van der Waals surface area (Å²) in [5.74, 6) is 0.169. The minimum atomic E-state index is -0.336. The van der Waals surface area contributed by atoms with E-state index in [0.29, 0.717) is 45.7 Å². The van der Waals surface area contributed by atoms with E-state index in [4.69, 9.17) is 9.97 Å². The summed E-state index contributed by atoms with van der Waals surface area (Å²) in [7, 11) is 0. The van der Waals surface area contributed by atoms with Crippen molar-refractivity contribution in [3.63, 3.8) is 0 Å². The third kappa shape index (κ3) is 5.43. The van der Waals surface area contributed by atoms with Gasteiger partial charge in [-0.05, 0) is 37.4 Å². The molecule has 202 valence electrons. The molecule has 0 bridgehead atoms. The van der Waals surface area contributed by atoms with Gasteiger partial charge in [-0.15, -0.1) is 0 Å². The van der Waals surface area contributed by atoms with Crippen LogP contribution in [0.5, 0.6) is 0 Å². The van der Waals surface area contributed by atoms with Gasteiger partial charge in [-0.1, -0.05) is 60.2 Å². The Labute approximate surface area is 235 Å². The van der Waals surface area contributed by atoms with Gasteiger partial charge in [0.1, 0.15) is 16.9 Å². The summed E-state index contributed by atoms with van der Waals surface area (Å²) in [6.45, 7) is 7.20. The predicted molar refractivity (Wildman–Crippen MR) is 162 cm³/mol. The second kappa shape index (κ2) is 11.4. The number of aromatic amines is 2. The molecule has 6 rings (SSSR count). The Morgan fingerprint density at radius 2 is 1.78 bits per heavy atom. The number of nitrogens with one attached hydrogen (secondary N) is 3. The van der Waals surface area contributed by atoms with Crippen molar-refractivity contribution in [1.82, 2.24) is 35.5 Å². The normalized spacial score (nSPS) is 12.3. The van der Waals surface area contributed by atoms with Crippen LogP contribution < -0.4 is 5.32 Å². The molecule has 4 heterocycles. The number of hydrogen-bond donors (Lipinski definition) is 3. The Balaban J connectivity index is 1.32. The number of fused-ring (bicyclic) bond motifs is 2. The molecule has 9 heteroatoms. The van der Waals surface area contributed by atoms with Crippen LogP contribution >= 0.6 is 0 Å². The number of hydrogen-bond acceptors (Lipinski definition) is 6. The summed E-state index contributed by atoms with van der Waals surface area (Å²) < 4.78 is 14.6. The van der Waals surface area contributed by atoms with Crippen molar-refractivity contribution >= 4 is 34.4 Å². The van der Waals surface area contributed by atoms with Crippen molar-refractivity contribution in [3.8, 4) is 22.6 Å². The Bertz CT molecular complexity index is 1920. The van der Waals surface area contributed by atoms with E-state index < -0.39 is 0 Å². The number of pyridine rings is 2. The fraction of sp³-hybridized carbons (Fsp3) is 0.0938. The van der Waals surface area contributed by atoms with Crippen LogP contribution in [-0.4, -0.2) is 43.4 Å². The molecular weight excluding hydrogens is 515 g/mol. The van der Waals surface area contributed by atoms with E-state index >= 15 is 0 Å². The maximum Gasteiger partial charge on any atom is 0.161 e. The topological polar surface area (TPSA) is 108 Å². The third-order valence-electron chi connectivity index (χ3n) is 6.69. The molecular formula is C32H27FN8. The van der Waals surface area contributed by atoms with Crippen LogP contribution in [0.1, 0.15) is 18.2 Å². The molecule has 3 N–H and O–H groups in total. The zero-order valence-corrected chi connectivity index (χ0v) is 22.4. The van der Waals surface area contributed by atoms with Gasteiger partial charge in [0, 0.05) is 42.2 Å². The molecule has 2 aromatic carbocycles. The van der Waals surface area contributed by atoms with Gasteiger partial charge in [0.05, 0.1) is 22.9 Å². The predicted octanol–water partition coefficient (Wildman–Crippen LogP) is 6.48. The maximum absolute atomic E-state index is 14.6. The number of halogens is 1. The Morgan fingerprint density at radius 3 is 2.61 bits per heavy atom. The van der Waals surface area contributed by atoms with Crippen LogP contribution in [-0.2, 0) is 6.54 Å². The standard InChI is InChI=1S/C32H27FN8/c1-20(15-35-16-21-8-4-3-5-9-21)14-22(17-34-2)26-12-13-27-30(37-26)31(41-40-27)32-38-28-19-36-18-24(29(28)39-32)23-10-6-7-11-25(23)33/h3-14,17-19,35H,2,15-16H2,1H3,(H,38,39)(H,40,41)/b20-14+,22-17+. The largest absolute Gasteiger partial charge is 0.335 e. The molecule has 6 aromatic rings. The van der Waals surface area contributed by atoms with Crippen molar-refractivity contribution in [1.29, 1.82) is 0 Å². The van der Waals surface area contributed by atoms with Gasteiger partial charge in [0.25, 0.3) is 0 Å². The number of imidazole rings is 1. The van der Waals surface area contributed by atoms with E-state index in [1.807, 2.05) is 36.4 Å². The monoisotopic (exact) mass is 542 g/mol. The first kappa shape index (κ1) is 26.0. The maximum atomic E-state index is 14.6. The number of allylic oxidation sites excluding steroid dienone is 2. The quantitative estimate of drug-likeness (QED) is 0.143. The van der Waals surface area contributed by atoms with E-state index in [0.717, 1.165) is 28.9 Å². The van der Waals surface area contributed by atoms with Gasteiger partial charge in [0.15, 0.2) is 11.5 Å². The summed E-state index contributed by atoms with van der Waals surface area (Å²) in [6, 6.07) is 20.7. The fourth-order valence-electron chi connectivity index (χ4n) is 4.74. The van der Waals surface area contributed by atoms with Gasteiger partial charge in [-0.2, -0.15) is 5.10 Å². The highest BCUT2D eigenvalue weighted by molar-refractivity contribution is 5.95. The second-order valence-electron chi connectivity index (χ2n) is 9.66. The molecule has 4 aromatic heterocycles. The molecule has 8 nitrogen and oxygen atoms in total. The zero-order valence-electron chi connectivity index (χ0n) is 22.4. The first-order chi connectivity index (χ1) is 20.1. The van der Waals surface area contributed by atoms with Crippen LogP contribution in [0.4, 0.5) is 4.39 Å². The molecule has 0 atom stereocenters. The lowest BCUT2D eigenvalue weighted by molar-refractivity contribution is 0.631. The lowest BCUT2D eigenvalue weighted by atomic mass is 10.1. The van der Waals surface area contributed by atoms with Crippen LogP contribution in [0, 0.1) is 5.82 Å². The highest BCUT2D eigenvalue weighted by Gasteiger charge is 2.18. The first-order valence-electron chi connectivity index (χ1n) is 13.1. The van der Waals surface area contributed by atoms with Crippen molar-refractivity contribution in [2.24, 2.45) is 4.99 Å². The highest BCUT2D eigenvalue weighted by Crippen LogP contribution is 2.32. The van der Waals surface area contributed by atoms with Crippen LogP contribution in [0.3, 0.4) is 0 Å². The molecule has 0 aliphatic carbocycles. The molecule has 0 unspecified atom stereocenters. The van der Waals surface area contributed by atoms with Crippen molar-refractivity contribution in [2.45, 2.75) is 13.5 Å². The van der Waals surface area contributed by atoms with Crippen molar-refractivity contribution in [3.05, 3.63) is 114 Å². The lowest BCUT2D eigenvalue weighted by Crippen LogP contribution is -2.15. The minimum Gasteiger partial charge on any atom is -0.335 e. The van der Waals surface area contributed by atoms with E-state index in [9.17, 15) is 4.39 Å². The smallest absolute Gasteiger partial charge is 0.161 e. The summed E-state index contributed by atoms with van der Waals surface area (Å²) in [6.07, 6.45) is 7.03. The number of H-pyrrole nitrogens is 2. The molecule has 0 aliphatic rings. The number of rotatable bonds is 9. The lowest BCUT2D eigenvalue weighted by Gasteiger charge is -2.07. The summed E-state index contributed by atoms with van der Waals surface area (Å²) in [5, 5.41) is 11.0. The molecule has 0 radical (unpaired) electrons. The molecule has 0 saturated carbocycles. The van der Waals surface area contributed by atoms with E-state index in [1.165, 1.54) is 11.6 Å². The van der Waals surface area contributed by atoms with E-state index in [2.05, 4.69) is 56.2 Å². The number of aliphatic imine (C=N–C) groups is 1. The minimum absolute atomic E-state index is 0.336. The van der Waals surface area contributed by atoms with Crippen LogP contribution in [0.25, 0.3) is 50.3 Å². The summed E-state index contributed by atoms with van der Waals surface area (Å²) in [4.78, 5) is 21.3. The average molecular weight is 543 g/mol. The fourth-order valence-corrected chi connectivity index (χ4v) is 4.74. The van der Waals surface area contributed by atoms with E-state index in [-0.39, 0.29) is 5.82 Å². The van der Waals surface area contributed by atoms with Gasteiger partial charge in [-0.3, -0.25) is 15.1 Å². The molecule has 0 spiro atoms. The van der Waals surface area contributed by atoms with Crippen LogP contribution in [0.2, 0.25) is 0 Å². The molecule has 0 amide bonds. The number of nitrogens with zero attached hydrogens (tertiary/aromatic N) is 5. The third-order valence-corrected chi connectivity index (χ3v) is 6.69. The molecule has 0 fully saturated rings. The SMILES string of the molecule is C=N/C=C(\C=C(/C)CNCc1ccccc1)c1ccc2[nH]nc(-c3nc4c(-c5ccccc5F)cncc4[nH]3)c2n1. The highest BCUT2D eigenvalue weighted by atomic mass is 19.1. The Kier molecular flexibility index (Phi) is 7.25. The van der Waals surface area contributed by atoms with Gasteiger partial charge in [-0.25, -0.2) is 14.4 Å². The average Bonchev–Trinajstić information content (AvgIpc) is 3.62. The van der Waals surface area contributed by atoms with Crippen molar-refractivity contribution in [2.75, 3.05) is 6.54 Å². The molecule has 41 heavy (non-hydrogen) atoms. The summed E-state index contributed by atoms with van der Waals surface area (Å²) >= 11 is 0.